The summed E-state index contributed by atoms with van der Waals surface area (Å²) in [5.74, 6) is -0.980. The first kappa shape index (κ1) is 18.8. The summed E-state index contributed by atoms with van der Waals surface area (Å²) in [4.78, 5) is 24.7. The van der Waals surface area contributed by atoms with Crippen molar-refractivity contribution in [1.29, 1.82) is 0 Å². The molecule has 1 heterocycles. The third-order valence-electron chi connectivity index (χ3n) is 4.54. The van der Waals surface area contributed by atoms with Crippen molar-refractivity contribution in [2.45, 2.75) is 12.0 Å². The lowest BCUT2D eigenvalue weighted by molar-refractivity contribution is 0.0944. The van der Waals surface area contributed by atoms with Crippen molar-refractivity contribution in [3.8, 4) is 5.75 Å². The molecule has 1 aliphatic rings. The zero-order chi connectivity index (χ0) is 19.4. The van der Waals surface area contributed by atoms with Gasteiger partial charge in [0.15, 0.2) is 0 Å². The number of amides is 2. The smallest absolute Gasteiger partial charge is 0.254 e. The Morgan fingerprint density at radius 2 is 1.93 bits per heavy atom. The number of aliphatic hydroxyl groups is 1. The van der Waals surface area contributed by atoms with Crippen LogP contribution in [0, 0.1) is 0 Å². The normalized spacial score (nSPS) is 17.7. The summed E-state index contributed by atoms with van der Waals surface area (Å²) >= 11 is 0. The van der Waals surface area contributed by atoms with Gasteiger partial charge in [-0.1, -0.05) is 30.3 Å². The minimum atomic E-state index is -0.776. The molecule has 2 aromatic carbocycles. The Bertz CT molecular complexity index is 841. The molecular weight excluding hydrogens is 351 g/mol. The second-order valence-corrected chi connectivity index (χ2v) is 6.20. The van der Waals surface area contributed by atoms with Crippen LogP contribution < -0.4 is 15.4 Å². The van der Waals surface area contributed by atoms with Gasteiger partial charge in [0.05, 0.1) is 18.1 Å². The van der Waals surface area contributed by atoms with E-state index in [1.165, 1.54) is 13.1 Å². The molecule has 27 heavy (non-hydrogen) atoms. The van der Waals surface area contributed by atoms with Gasteiger partial charge in [0.1, 0.15) is 18.5 Å². The zero-order valence-corrected chi connectivity index (χ0v) is 14.9. The Kier molecular flexibility index (Phi) is 5.71. The number of carbonyl (C=O) groups excluding carboxylic acids is 2. The molecule has 3 rings (SSSR count). The molecule has 0 saturated carbocycles. The van der Waals surface area contributed by atoms with Crippen LogP contribution in [0.4, 0.5) is 4.39 Å². The highest BCUT2D eigenvalue weighted by atomic mass is 19.1. The van der Waals surface area contributed by atoms with E-state index in [-0.39, 0.29) is 24.3 Å². The number of aliphatic hydroxyl groups excluding tert-OH is 1. The minimum absolute atomic E-state index is 0.0942. The van der Waals surface area contributed by atoms with E-state index < -0.39 is 30.5 Å². The number of alkyl halides is 1. The van der Waals surface area contributed by atoms with E-state index in [9.17, 15) is 14.0 Å². The van der Waals surface area contributed by atoms with Gasteiger partial charge in [-0.05, 0) is 17.7 Å². The lowest BCUT2D eigenvalue weighted by Crippen LogP contribution is -2.27. The van der Waals surface area contributed by atoms with Crippen LogP contribution in [0.1, 0.15) is 37.8 Å². The summed E-state index contributed by atoms with van der Waals surface area (Å²) in [7, 11) is 1.48. The highest BCUT2D eigenvalue weighted by Gasteiger charge is 2.39. The van der Waals surface area contributed by atoms with E-state index in [0.29, 0.717) is 11.3 Å². The van der Waals surface area contributed by atoms with Crippen molar-refractivity contribution in [2.24, 2.45) is 0 Å². The van der Waals surface area contributed by atoms with E-state index in [1.807, 2.05) is 30.3 Å². The van der Waals surface area contributed by atoms with E-state index >= 15 is 0 Å². The molecule has 0 spiro atoms. The van der Waals surface area contributed by atoms with Gasteiger partial charge in [-0.25, -0.2) is 4.39 Å². The Morgan fingerprint density at radius 3 is 2.56 bits per heavy atom. The number of nitrogens with one attached hydrogen (secondary N) is 2. The number of halogens is 1. The predicted octanol–water partition coefficient (Wildman–Crippen LogP) is 1.63. The van der Waals surface area contributed by atoms with Crippen LogP contribution >= 0.6 is 0 Å². The second-order valence-electron chi connectivity index (χ2n) is 6.20. The fraction of sp³-hybridized carbons (Fsp3) is 0.300. The standard InChI is InChI=1S/C20H21FN2O4/c1-22-20(26)15-10-13(19(25)23-7-8-24)9-14-17(12-5-3-2-4-6-12)16(11-21)27-18(14)15/h2-6,9-10,16-17,24H,7-8,11H2,1H3,(H,22,26)(H,23,25)/t16-,17+/m1/s1. The summed E-state index contributed by atoms with van der Waals surface area (Å²) in [5.41, 5.74) is 1.87. The maximum absolute atomic E-state index is 13.7. The molecule has 1 aliphatic heterocycles. The topological polar surface area (TPSA) is 87.7 Å². The molecule has 2 atom stereocenters. The Hall–Kier alpha value is -2.93. The van der Waals surface area contributed by atoms with Gasteiger partial charge >= 0.3 is 0 Å². The Balaban J connectivity index is 2.13. The molecule has 2 amide bonds. The highest BCUT2D eigenvalue weighted by molar-refractivity contribution is 6.02. The number of benzene rings is 2. The van der Waals surface area contributed by atoms with Crippen molar-refractivity contribution in [3.63, 3.8) is 0 Å². The van der Waals surface area contributed by atoms with Gasteiger partial charge in [0.25, 0.3) is 11.8 Å². The number of ether oxygens (including phenoxy) is 1. The van der Waals surface area contributed by atoms with Crippen molar-refractivity contribution in [3.05, 3.63) is 64.7 Å². The van der Waals surface area contributed by atoms with Gasteiger partial charge in [-0.2, -0.15) is 0 Å². The van der Waals surface area contributed by atoms with Crippen LogP contribution in [-0.4, -0.2) is 49.9 Å². The largest absolute Gasteiger partial charge is 0.486 e. The lowest BCUT2D eigenvalue weighted by Gasteiger charge is -2.16. The van der Waals surface area contributed by atoms with E-state index in [4.69, 9.17) is 9.84 Å². The van der Waals surface area contributed by atoms with Crippen LogP contribution in [0.2, 0.25) is 0 Å². The summed E-state index contributed by atoms with van der Waals surface area (Å²) in [6.45, 7) is -0.830. The highest BCUT2D eigenvalue weighted by Crippen LogP contribution is 2.45. The molecule has 0 unspecified atom stereocenters. The van der Waals surface area contributed by atoms with Crippen molar-refractivity contribution in [2.75, 3.05) is 26.9 Å². The average molecular weight is 372 g/mol. The SMILES string of the molecule is CNC(=O)c1cc(C(=O)NCCO)cc2c1O[C@H](CF)[C@H]2c1ccccc1. The molecule has 0 bridgehead atoms. The summed E-state index contributed by atoms with van der Waals surface area (Å²) < 4.78 is 19.5. The third-order valence-corrected chi connectivity index (χ3v) is 4.54. The molecule has 2 aromatic rings. The first-order valence-electron chi connectivity index (χ1n) is 8.67. The molecule has 0 aliphatic carbocycles. The van der Waals surface area contributed by atoms with E-state index in [1.54, 1.807) is 6.07 Å². The maximum Gasteiger partial charge on any atom is 0.254 e. The van der Waals surface area contributed by atoms with Crippen molar-refractivity contribution in [1.82, 2.24) is 10.6 Å². The van der Waals surface area contributed by atoms with E-state index in [2.05, 4.69) is 10.6 Å². The van der Waals surface area contributed by atoms with Crippen LogP contribution in [0.3, 0.4) is 0 Å². The van der Waals surface area contributed by atoms with Crippen molar-refractivity contribution < 1.29 is 23.8 Å². The number of rotatable bonds is 6. The predicted molar refractivity (Wildman–Crippen MR) is 97.9 cm³/mol. The van der Waals surface area contributed by atoms with Gasteiger partial charge in [0.2, 0.25) is 0 Å². The number of fused-ring (bicyclic) bond motifs is 1. The quantitative estimate of drug-likeness (QED) is 0.719. The fourth-order valence-electron chi connectivity index (χ4n) is 3.31. The molecule has 7 heteroatoms. The summed E-state index contributed by atoms with van der Waals surface area (Å²) in [6.07, 6.45) is -0.776. The van der Waals surface area contributed by atoms with Crippen LogP contribution in [0.5, 0.6) is 5.75 Å². The number of carbonyl (C=O) groups is 2. The molecule has 0 radical (unpaired) electrons. The molecule has 3 N–H and O–H groups in total. The molecule has 0 fully saturated rings. The summed E-state index contributed by atoms with van der Waals surface area (Å²) in [5, 5.41) is 14.0. The first-order chi connectivity index (χ1) is 13.1. The third kappa shape index (κ3) is 3.64. The number of hydrogen-bond acceptors (Lipinski definition) is 4. The Labute approximate surface area is 156 Å². The minimum Gasteiger partial charge on any atom is -0.486 e. The molecule has 0 aromatic heterocycles. The van der Waals surface area contributed by atoms with Crippen LogP contribution in [0.25, 0.3) is 0 Å². The fourth-order valence-corrected chi connectivity index (χ4v) is 3.31. The second kappa shape index (κ2) is 8.18. The number of hydrogen-bond donors (Lipinski definition) is 3. The van der Waals surface area contributed by atoms with Gasteiger partial charge in [-0.15, -0.1) is 0 Å². The van der Waals surface area contributed by atoms with Gasteiger partial charge in [0, 0.05) is 24.7 Å². The molecule has 142 valence electrons. The molecular formula is C20H21FN2O4. The zero-order valence-electron chi connectivity index (χ0n) is 14.9. The summed E-state index contributed by atoms with van der Waals surface area (Å²) in [6, 6.07) is 12.3. The van der Waals surface area contributed by atoms with Crippen LogP contribution in [-0.2, 0) is 0 Å². The first-order valence-corrected chi connectivity index (χ1v) is 8.67. The van der Waals surface area contributed by atoms with Gasteiger partial charge < -0.3 is 20.5 Å². The Morgan fingerprint density at radius 1 is 1.19 bits per heavy atom. The maximum atomic E-state index is 13.7. The van der Waals surface area contributed by atoms with Crippen LogP contribution in [0.15, 0.2) is 42.5 Å². The monoisotopic (exact) mass is 372 g/mol. The average Bonchev–Trinajstić information content (AvgIpc) is 3.09. The van der Waals surface area contributed by atoms with Gasteiger partial charge in [-0.3, -0.25) is 9.59 Å². The lowest BCUT2D eigenvalue weighted by atomic mass is 9.86. The molecule has 6 nitrogen and oxygen atoms in total. The van der Waals surface area contributed by atoms with Crippen molar-refractivity contribution >= 4 is 11.8 Å². The molecule has 0 saturated heterocycles. The van der Waals surface area contributed by atoms with E-state index in [0.717, 1.165) is 5.56 Å².